The van der Waals surface area contributed by atoms with Crippen LogP contribution in [0.15, 0.2) is 12.7 Å². The highest BCUT2D eigenvalue weighted by Crippen LogP contribution is 2.19. The van der Waals surface area contributed by atoms with Crippen molar-refractivity contribution >= 4 is 0 Å². The zero-order valence-electron chi connectivity index (χ0n) is 10.0. The quantitative estimate of drug-likeness (QED) is 0.283. The maximum Gasteiger partial charge on any atom is 0.0389 e. The van der Waals surface area contributed by atoms with Gasteiger partial charge in [-0.25, -0.2) is 0 Å². The second-order valence-corrected chi connectivity index (χ2v) is 4.49. The number of rotatable bonds is 7. The van der Waals surface area contributed by atoms with Gasteiger partial charge in [0.25, 0.3) is 0 Å². The minimum atomic E-state index is 0.0793. The van der Waals surface area contributed by atoms with Gasteiger partial charge < -0.3 is 4.90 Å². The van der Waals surface area contributed by atoms with Crippen molar-refractivity contribution in [2.45, 2.75) is 44.7 Å². The first-order chi connectivity index (χ1) is 6.46. The van der Waals surface area contributed by atoms with E-state index in [2.05, 4.69) is 44.8 Å². The average molecular weight is 199 g/mol. The molecule has 0 spiro atoms. The summed E-state index contributed by atoms with van der Waals surface area (Å²) >= 11 is 0. The third-order valence-corrected chi connectivity index (χ3v) is 3.11. The van der Waals surface area contributed by atoms with E-state index in [1.165, 1.54) is 0 Å². The van der Waals surface area contributed by atoms with Crippen molar-refractivity contribution in [1.29, 1.82) is 0 Å². The van der Waals surface area contributed by atoms with E-state index in [1.807, 2.05) is 6.08 Å². The van der Waals surface area contributed by atoms with Gasteiger partial charge in [-0.15, -0.1) is 6.58 Å². The molecule has 1 atom stereocenters. The Kier molecular flexibility index (Phi) is 6.00. The van der Waals surface area contributed by atoms with Gasteiger partial charge in [0.2, 0.25) is 0 Å². The van der Waals surface area contributed by atoms with Gasteiger partial charge in [0.15, 0.2) is 0 Å². The van der Waals surface area contributed by atoms with Crippen LogP contribution < -0.4 is 11.3 Å². The summed E-state index contributed by atoms with van der Waals surface area (Å²) in [5, 5.41) is 0. The zero-order chi connectivity index (χ0) is 11.2. The fourth-order valence-electron chi connectivity index (χ4n) is 1.42. The van der Waals surface area contributed by atoms with Crippen LogP contribution in [0.3, 0.4) is 0 Å². The molecule has 3 nitrogen and oxygen atoms in total. The first-order valence-corrected chi connectivity index (χ1v) is 5.21. The Morgan fingerprint density at radius 2 is 2.07 bits per heavy atom. The average Bonchev–Trinajstić information content (AvgIpc) is 2.12. The molecule has 0 aromatic rings. The van der Waals surface area contributed by atoms with Crippen LogP contribution in [0.25, 0.3) is 0 Å². The molecule has 1 unspecified atom stereocenters. The number of hydrogen-bond acceptors (Lipinski definition) is 3. The van der Waals surface area contributed by atoms with Gasteiger partial charge in [0.1, 0.15) is 0 Å². The summed E-state index contributed by atoms with van der Waals surface area (Å²) in [6, 6.07) is 0.317. The molecule has 0 saturated carbocycles. The second kappa shape index (κ2) is 6.17. The SMILES string of the molecule is C=CCCCC(NN)C(C)(C)N(C)C. The van der Waals surface area contributed by atoms with Crippen molar-refractivity contribution in [2.75, 3.05) is 14.1 Å². The lowest BCUT2D eigenvalue weighted by Gasteiger charge is -2.39. The van der Waals surface area contributed by atoms with Crippen LogP contribution in [0.2, 0.25) is 0 Å². The van der Waals surface area contributed by atoms with E-state index in [9.17, 15) is 0 Å². The van der Waals surface area contributed by atoms with Crippen LogP contribution in [0.4, 0.5) is 0 Å². The Labute approximate surface area is 88.3 Å². The lowest BCUT2D eigenvalue weighted by Crippen LogP contribution is -2.57. The largest absolute Gasteiger partial charge is 0.303 e. The van der Waals surface area contributed by atoms with Crippen molar-refractivity contribution in [3.63, 3.8) is 0 Å². The summed E-state index contributed by atoms with van der Waals surface area (Å²) < 4.78 is 0. The fraction of sp³-hybridized carbons (Fsp3) is 0.818. The topological polar surface area (TPSA) is 41.3 Å². The molecule has 3 N–H and O–H groups in total. The molecule has 0 aliphatic rings. The molecule has 0 radical (unpaired) electrons. The van der Waals surface area contributed by atoms with Gasteiger partial charge in [-0.1, -0.05) is 6.08 Å². The third kappa shape index (κ3) is 3.78. The van der Waals surface area contributed by atoms with Crippen LogP contribution in [-0.4, -0.2) is 30.6 Å². The smallest absolute Gasteiger partial charge is 0.0389 e. The Bertz CT molecular complexity index is 164. The second-order valence-electron chi connectivity index (χ2n) is 4.49. The molecule has 84 valence electrons. The summed E-state index contributed by atoms with van der Waals surface area (Å²) in [6.07, 6.45) is 5.22. The van der Waals surface area contributed by atoms with Gasteiger partial charge in [-0.3, -0.25) is 11.3 Å². The number of allylic oxidation sites excluding steroid dienone is 1. The number of likely N-dealkylation sites (N-methyl/N-ethyl adjacent to an activating group) is 1. The molecule has 0 saturated heterocycles. The number of hydrazine groups is 1. The maximum atomic E-state index is 5.58. The summed E-state index contributed by atoms with van der Waals surface area (Å²) in [6.45, 7) is 8.12. The normalized spacial score (nSPS) is 14.4. The van der Waals surface area contributed by atoms with Crippen LogP contribution in [0, 0.1) is 0 Å². The number of hydrogen-bond donors (Lipinski definition) is 2. The number of nitrogens with two attached hydrogens (primary N) is 1. The first-order valence-electron chi connectivity index (χ1n) is 5.21. The van der Waals surface area contributed by atoms with Crippen molar-refractivity contribution in [2.24, 2.45) is 5.84 Å². The van der Waals surface area contributed by atoms with E-state index in [0.717, 1.165) is 19.3 Å². The molecule has 0 fully saturated rings. The minimum absolute atomic E-state index is 0.0793. The molecule has 0 heterocycles. The Morgan fingerprint density at radius 1 is 1.50 bits per heavy atom. The molecule has 0 aromatic carbocycles. The van der Waals surface area contributed by atoms with Crippen LogP contribution in [0.1, 0.15) is 33.1 Å². The molecule has 0 aliphatic heterocycles. The summed E-state index contributed by atoms with van der Waals surface area (Å²) in [5.74, 6) is 5.58. The number of nitrogens with one attached hydrogen (secondary N) is 1. The van der Waals surface area contributed by atoms with Gasteiger partial charge in [0.05, 0.1) is 0 Å². The molecule has 0 rings (SSSR count). The van der Waals surface area contributed by atoms with Gasteiger partial charge in [0, 0.05) is 11.6 Å². The van der Waals surface area contributed by atoms with E-state index in [0.29, 0.717) is 6.04 Å². The van der Waals surface area contributed by atoms with Crippen molar-refractivity contribution in [3.05, 3.63) is 12.7 Å². The van der Waals surface area contributed by atoms with E-state index < -0.39 is 0 Å². The molecule has 0 aliphatic carbocycles. The van der Waals surface area contributed by atoms with E-state index in [1.54, 1.807) is 0 Å². The minimum Gasteiger partial charge on any atom is -0.303 e. The van der Waals surface area contributed by atoms with E-state index in [4.69, 9.17) is 5.84 Å². The monoisotopic (exact) mass is 199 g/mol. The van der Waals surface area contributed by atoms with E-state index >= 15 is 0 Å². The Morgan fingerprint density at radius 3 is 2.43 bits per heavy atom. The van der Waals surface area contributed by atoms with Crippen LogP contribution in [-0.2, 0) is 0 Å². The lowest BCUT2D eigenvalue weighted by atomic mass is 9.89. The van der Waals surface area contributed by atoms with Crippen molar-refractivity contribution in [1.82, 2.24) is 10.3 Å². The molecular weight excluding hydrogens is 174 g/mol. The fourth-order valence-corrected chi connectivity index (χ4v) is 1.42. The lowest BCUT2D eigenvalue weighted by molar-refractivity contribution is 0.131. The Hall–Kier alpha value is -0.380. The predicted molar refractivity (Wildman–Crippen MR) is 62.9 cm³/mol. The standard InChI is InChI=1S/C11H25N3/c1-6-7-8-9-10(13-12)11(2,3)14(4)5/h6,10,13H,1,7-9,12H2,2-5H3. The van der Waals surface area contributed by atoms with Gasteiger partial charge in [-0.2, -0.15) is 0 Å². The highest BCUT2D eigenvalue weighted by molar-refractivity contribution is 4.90. The summed E-state index contributed by atoms with van der Waals surface area (Å²) in [7, 11) is 4.16. The van der Waals surface area contributed by atoms with Gasteiger partial charge >= 0.3 is 0 Å². The predicted octanol–water partition coefficient (Wildman–Crippen LogP) is 1.51. The number of unbranched alkanes of at least 4 members (excludes halogenated alkanes) is 1. The third-order valence-electron chi connectivity index (χ3n) is 3.11. The maximum absolute atomic E-state index is 5.58. The molecule has 14 heavy (non-hydrogen) atoms. The molecule has 0 bridgehead atoms. The van der Waals surface area contributed by atoms with Crippen molar-refractivity contribution in [3.8, 4) is 0 Å². The van der Waals surface area contributed by atoms with Crippen molar-refractivity contribution < 1.29 is 0 Å². The van der Waals surface area contributed by atoms with Crippen LogP contribution in [0.5, 0.6) is 0 Å². The molecular formula is C11H25N3. The zero-order valence-corrected chi connectivity index (χ0v) is 10.0. The van der Waals surface area contributed by atoms with E-state index in [-0.39, 0.29) is 5.54 Å². The summed E-state index contributed by atoms with van der Waals surface area (Å²) in [4.78, 5) is 2.20. The highest BCUT2D eigenvalue weighted by Gasteiger charge is 2.29. The number of nitrogens with zero attached hydrogens (tertiary/aromatic N) is 1. The van der Waals surface area contributed by atoms with Gasteiger partial charge in [-0.05, 0) is 47.2 Å². The molecule has 0 aromatic heterocycles. The molecule has 0 amide bonds. The highest BCUT2D eigenvalue weighted by atomic mass is 15.3. The Balaban J connectivity index is 4.17. The molecule has 3 heteroatoms. The first kappa shape index (κ1) is 13.6. The van der Waals surface area contributed by atoms with Crippen LogP contribution >= 0.6 is 0 Å². The summed E-state index contributed by atoms with van der Waals surface area (Å²) in [5.41, 5.74) is 2.99.